The second-order valence-corrected chi connectivity index (χ2v) is 4.69. The number of hydrogen-bond acceptors (Lipinski definition) is 6. The molecule has 6 nitrogen and oxygen atoms in total. The zero-order chi connectivity index (χ0) is 14.5. The van der Waals surface area contributed by atoms with Crippen molar-refractivity contribution >= 4 is 33.4 Å². The van der Waals surface area contributed by atoms with Crippen molar-refractivity contribution < 1.29 is 9.47 Å². The van der Waals surface area contributed by atoms with Crippen LogP contribution in [0, 0.1) is 0 Å². The fourth-order valence-electron chi connectivity index (χ4n) is 1.60. The summed E-state index contributed by atoms with van der Waals surface area (Å²) >= 11 is 3.41. The minimum absolute atomic E-state index is 0.531. The van der Waals surface area contributed by atoms with Crippen molar-refractivity contribution in [3.05, 3.63) is 28.9 Å². The van der Waals surface area contributed by atoms with Gasteiger partial charge < -0.3 is 20.1 Å². The maximum absolute atomic E-state index is 5.34. The molecule has 0 fully saturated rings. The van der Waals surface area contributed by atoms with Crippen LogP contribution in [0.15, 0.2) is 28.9 Å². The average Bonchev–Trinajstić information content (AvgIpc) is 2.49. The van der Waals surface area contributed by atoms with Crippen LogP contribution in [0.3, 0.4) is 0 Å². The number of nitrogens with zero attached hydrogens (tertiary/aromatic N) is 2. The fourth-order valence-corrected chi connectivity index (χ4v) is 1.89. The molecule has 1 aromatic heterocycles. The third-order valence-corrected chi connectivity index (χ3v) is 3.21. The van der Waals surface area contributed by atoms with Crippen LogP contribution in [-0.2, 0) is 0 Å². The summed E-state index contributed by atoms with van der Waals surface area (Å²) in [6.45, 7) is 0. The molecule has 2 N–H and O–H groups in total. The molecule has 0 spiro atoms. The zero-order valence-corrected chi connectivity index (χ0v) is 13.0. The molecule has 0 bridgehead atoms. The van der Waals surface area contributed by atoms with Gasteiger partial charge in [-0.25, -0.2) is 4.98 Å². The Morgan fingerprint density at radius 3 is 2.65 bits per heavy atom. The SMILES string of the molecule is CNc1ncc(Br)c(Nc2ccc(OC)cc2OC)n1. The lowest BCUT2D eigenvalue weighted by Crippen LogP contribution is -2.02. The fraction of sp³-hybridized carbons (Fsp3) is 0.231. The number of anilines is 3. The quantitative estimate of drug-likeness (QED) is 0.873. The van der Waals surface area contributed by atoms with Crippen molar-refractivity contribution in [1.29, 1.82) is 0 Å². The lowest BCUT2D eigenvalue weighted by molar-refractivity contribution is 0.395. The van der Waals surface area contributed by atoms with Crippen LogP contribution >= 0.6 is 15.9 Å². The van der Waals surface area contributed by atoms with Crippen molar-refractivity contribution in [3.63, 3.8) is 0 Å². The molecule has 0 unspecified atom stereocenters. The van der Waals surface area contributed by atoms with Gasteiger partial charge in [-0.1, -0.05) is 0 Å². The molecule has 0 aliphatic heterocycles. The van der Waals surface area contributed by atoms with E-state index in [0.29, 0.717) is 17.5 Å². The molecule has 1 aromatic carbocycles. The van der Waals surface area contributed by atoms with Gasteiger partial charge >= 0.3 is 0 Å². The van der Waals surface area contributed by atoms with Crippen molar-refractivity contribution in [1.82, 2.24) is 9.97 Å². The molecule has 1 heterocycles. The Morgan fingerprint density at radius 2 is 2.00 bits per heavy atom. The minimum atomic E-state index is 0.531. The van der Waals surface area contributed by atoms with Crippen LogP contribution in [0.25, 0.3) is 0 Å². The van der Waals surface area contributed by atoms with E-state index >= 15 is 0 Å². The highest BCUT2D eigenvalue weighted by molar-refractivity contribution is 9.10. The number of halogens is 1. The van der Waals surface area contributed by atoms with Crippen LogP contribution in [0.2, 0.25) is 0 Å². The van der Waals surface area contributed by atoms with Gasteiger partial charge in [-0.15, -0.1) is 0 Å². The smallest absolute Gasteiger partial charge is 0.224 e. The van der Waals surface area contributed by atoms with E-state index < -0.39 is 0 Å². The Morgan fingerprint density at radius 1 is 1.20 bits per heavy atom. The number of hydrogen-bond donors (Lipinski definition) is 2. The largest absolute Gasteiger partial charge is 0.497 e. The maximum atomic E-state index is 5.34. The summed E-state index contributed by atoms with van der Waals surface area (Å²) in [5, 5.41) is 6.09. The van der Waals surface area contributed by atoms with Crippen molar-refractivity contribution in [2.75, 3.05) is 31.9 Å². The van der Waals surface area contributed by atoms with E-state index in [-0.39, 0.29) is 0 Å². The molecule has 2 aromatic rings. The van der Waals surface area contributed by atoms with Gasteiger partial charge in [-0.2, -0.15) is 4.98 Å². The highest BCUT2D eigenvalue weighted by atomic mass is 79.9. The van der Waals surface area contributed by atoms with Crippen LogP contribution in [-0.4, -0.2) is 31.2 Å². The van der Waals surface area contributed by atoms with Crippen molar-refractivity contribution in [2.24, 2.45) is 0 Å². The molecule has 2 rings (SSSR count). The summed E-state index contributed by atoms with van der Waals surface area (Å²) in [5.74, 6) is 2.57. The first kappa shape index (κ1) is 14.4. The van der Waals surface area contributed by atoms with E-state index in [4.69, 9.17) is 9.47 Å². The number of ether oxygens (including phenoxy) is 2. The molecule has 0 atom stereocenters. The summed E-state index contributed by atoms with van der Waals surface area (Å²) in [5.41, 5.74) is 0.787. The van der Waals surface area contributed by atoms with Crippen LogP contribution < -0.4 is 20.1 Å². The van der Waals surface area contributed by atoms with Gasteiger partial charge in [-0.3, -0.25) is 0 Å². The summed E-state index contributed by atoms with van der Waals surface area (Å²) < 4.78 is 11.3. The first-order valence-corrected chi connectivity index (χ1v) is 6.66. The summed E-state index contributed by atoms with van der Waals surface area (Å²) in [6.07, 6.45) is 1.68. The van der Waals surface area contributed by atoms with Gasteiger partial charge in [0, 0.05) is 19.3 Å². The van der Waals surface area contributed by atoms with Gasteiger partial charge in [0.15, 0.2) is 0 Å². The summed E-state index contributed by atoms with van der Waals surface area (Å²) in [6, 6.07) is 5.51. The van der Waals surface area contributed by atoms with Crippen LogP contribution in [0.1, 0.15) is 0 Å². The second-order valence-electron chi connectivity index (χ2n) is 3.83. The molecule has 0 radical (unpaired) electrons. The van der Waals surface area contributed by atoms with Crippen molar-refractivity contribution in [2.45, 2.75) is 0 Å². The topological polar surface area (TPSA) is 68.3 Å². The Kier molecular flexibility index (Phi) is 4.62. The van der Waals surface area contributed by atoms with E-state index in [1.54, 1.807) is 33.5 Å². The molecule has 106 valence electrons. The number of aromatic nitrogens is 2. The monoisotopic (exact) mass is 338 g/mol. The molecular weight excluding hydrogens is 324 g/mol. The van der Waals surface area contributed by atoms with Crippen LogP contribution in [0.5, 0.6) is 11.5 Å². The molecule has 0 aliphatic carbocycles. The lowest BCUT2D eigenvalue weighted by atomic mass is 10.2. The predicted octanol–water partition coefficient (Wildman–Crippen LogP) is 3.04. The second kappa shape index (κ2) is 6.42. The highest BCUT2D eigenvalue weighted by Crippen LogP contribution is 2.33. The van der Waals surface area contributed by atoms with Gasteiger partial charge in [-0.05, 0) is 28.1 Å². The first-order chi connectivity index (χ1) is 9.67. The molecule has 0 saturated heterocycles. The third-order valence-electron chi connectivity index (χ3n) is 2.63. The van der Waals surface area contributed by atoms with Gasteiger partial charge in [0.1, 0.15) is 17.3 Å². The summed E-state index contributed by atoms with van der Waals surface area (Å²) in [4.78, 5) is 8.45. The molecule has 0 amide bonds. The molecule has 20 heavy (non-hydrogen) atoms. The van der Waals surface area contributed by atoms with Gasteiger partial charge in [0.2, 0.25) is 5.95 Å². The molecule has 7 heteroatoms. The predicted molar refractivity (Wildman–Crippen MR) is 82.1 cm³/mol. The average molecular weight is 339 g/mol. The van der Waals surface area contributed by atoms with Crippen LogP contribution in [0.4, 0.5) is 17.5 Å². The first-order valence-electron chi connectivity index (χ1n) is 5.87. The maximum Gasteiger partial charge on any atom is 0.224 e. The molecular formula is C13H15BrN4O2. The minimum Gasteiger partial charge on any atom is -0.497 e. The Hall–Kier alpha value is -2.02. The van der Waals surface area contributed by atoms with Crippen molar-refractivity contribution in [3.8, 4) is 11.5 Å². The van der Waals surface area contributed by atoms with Gasteiger partial charge in [0.05, 0.1) is 24.4 Å². The third kappa shape index (κ3) is 3.11. The van der Waals surface area contributed by atoms with E-state index in [9.17, 15) is 0 Å². The number of benzene rings is 1. The van der Waals surface area contributed by atoms with E-state index in [1.165, 1.54) is 0 Å². The van der Waals surface area contributed by atoms with E-state index in [0.717, 1.165) is 15.9 Å². The standard InChI is InChI=1S/C13H15BrN4O2/c1-15-13-16-7-9(14)12(18-13)17-10-5-4-8(19-2)6-11(10)20-3/h4-7H,1-3H3,(H2,15,16,17,18). The number of methoxy groups -OCH3 is 2. The Bertz CT molecular complexity index is 607. The molecule has 0 aliphatic rings. The van der Waals surface area contributed by atoms with Gasteiger partial charge in [0.25, 0.3) is 0 Å². The Balaban J connectivity index is 2.34. The molecule has 0 saturated carbocycles. The lowest BCUT2D eigenvalue weighted by Gasteiger charge is -2.13. The number of nitrogens with one attached hydrogen (secondary N) is 2. The van der Waals surface area contributed by atoms with E-state index in [1.807, 2.05) is 12.1 Å². The zero-order valence-electron chi connectivity index (χ0n) is 11.4. The van der Waals surface area contributed by atoms with E-state index in [2.05, 4.69) is 36.5 Å². The number of rotatable bonds is 5. The highest BCUT2D eigenvalue weighted by Gasteiger charge is 2.09. The summed E-state index contributed by atoms with van der Waals surface area (Å²) in [7, 11) is 4.98. The Labute approximate surface area is 125 Å². The normalized spacial score (nSPS) is 10.0.